The number of nitrogens with one attached hydrogen (secondary N) is 1. The highest BCUT2D eigenvalue weighted by atomic mass is 16.5. The van der Waals surface area contributed by atoms with E-state index in [1.54, 1.807) is 7.11 Å². The molecule has 3 rings (SSSR count). The smallest absolute Gasteiger partial charge is 0.213 e. The van der Waals surface area contributed by atoms with Gasteiger partial charge in [-0.15, -0.1) is 0 Å². The molecule has 2 fully saturated rings. The van der Waals surface area contributed by atoms with Crippen LogP contribution in [0.2, 0.25) is 0 Å². The SMILES string of the molecule is CCOC1CC(Nc2ccc(OC)nc2)C12CCC2. The standard InChI is InChI=1S/C15H22N2O2/c1-3-19-13-9-12(15(13)7-4-8-15)17-11-5-6-14(18-2)16-10-11/h5-6,10,12-13,17H,3-4,7-9H2,1-2H3. The van der Waals surface area contributed by atoms with Gasteiger partial charge in [0.25, 0.3) is 0 Å². The van der Waals surface area contributed by atoms with E-state index in [9.17, 15) is 0 Å². The quantitative estimate of drug-likeness (QED) is 0.886. The molecule has 0 radical (unpaired) electrons. The molecule has 19 heavy (non-hydrogen) atoms. The van der Waals surface area contributed by atoms with E-state index >= 15 is 0 Å². The Morgan fingerprint density at radius 2 is 2.26 bits per heavy atom. The van der Waals surface area contributed by atoms with Gasteiger partial charge < -0.3 is 14.8 Å². The fourth-order valence-electron chi connectivity index (χ4n) is 3.43. The van der Waals surface area contributed by atoms with Crippen LogP contribution in [0.25, 0.3) is 0 Å². The predicted octanol–water partition coefficient (Wildman–Crippen LogP) is 2.85. The van der Waals surface area contributed by atoms with Crippen molar-refractivity contribution in [3.05, 3.63) is 18.3 Å². The lowest BCUT2D eigenvalue weighted by atomic mass is 9.51. The third kappa shape index (κ3) is 2.08. The lowest BCUT2D eigenvalue weighted by Crippen LogP contribution is -2.64. The average Bonchev–Trinajstić information content (AvgIpc) is 2.36. The van der Waals surface area contributed by atoms with Gasteiger partial charge >= 0.3 is 0 Å². The Morgan fingerprint density at radius 3 is 2.79 bits per heavy atom. The minimum absolute atomic E-state index is 0.385. The van der Waals surface area contributed by atoms with Crippen molar-refractivity contribution in [3.8, 4) is 5.88 Å². The molecule has 4 nitrogen and oxygen atoms in total. The molecule has 0 saturated heterocycles. The number of pyridine rings is 1. The van der Waals surface area contributed by atoms with E-state index in [1.165, 1.54) is 19.3 Å². The summed E-state index contributed by atoms with van der Waals surface area (Å²) in [7, 11) is 1.64. The number of anilines is 1. The van der Waals surface area contributed by atoms with Crippen molar-refractivity contribution in [2.45, 2.75) is 44.8 Å². The third-order valence-electron chi connectivity index (χ3n) is 4.72. The van der Waals surface area contributed by atoms with Crippen LogP contribution in [-0.4, -0.2) is 30.8 Å². The zero-order valence-corrected chi connectivity index (χ0v) is 11.7. The Balaban J connectivity index is 1.64. The molecule has 2 unspecified atom stereocenters. The fraction of sp³-hybridized carbons (Fsp3) is 0.667. The van der Waals surface area contributed by atoms with Crippen LogP contribution >= 0.6 is 0 Å². The molecule has 0 amide bonds. The van der Waals surface area contributed by atoms with Gasteiger partial charge in [-0.05, 0) is 32.3 Å². The van der Waals surface area contributed by atoms with Gasteiger partial charge in [0.1, 0.15) is 0 Å². The van der Waals surface area contributed by atoms with E-state index in [0.717, 1.165) is 18.7 Å². The highest BCUT2D eigenvalue weighted by molar-refractivity contribution is 5.45. The Labute approximate surface area is 114 Å². The second-order valence-electron chi connectivity index (χ2n) is 5.55. The lowest BCUT2D eigenvalue weighted by Gasteiger charge is -2.61. The molecule has 0 aliphatic heterocycles. The van der Waals surface area contributed by atoms with Crippen LogP contribution in [0, 0.1) is 5.41 Å². The molecule has 4 heteroatoms. The van der Waals surface area contributed by atoms with E-state index in [0.29, 0.717) is 23.4 Å². The minimum atomic E-state index is 0.385. The largest absolute Gasteiger partial charge is 0.481 e. The van der Waals surface area contributed by atoms with E-state index in [4.69, 9.17) is 9.47 Å². The molecular weight excluding hydrogens is 240 g/mol. The summed E-state index contributed by atoms with van der Waals surface area (Å²) in [6, 6.07) is 4.47. The van der Waals surface area contributed by atoms with Gasteiger partial charge in [-0.1, -0.05) is 6.42 Å². The Morgan fingerprint density at radius 1 is 1.42 bits per heavy atom. The summed E-state index contributed by atoms with van der Waals surface area (Å²) < 4.78 is 10.9. The van der Waals surface area contributed by atoms with Crippen LogP contribution < -0.4 is 10.1 Å². The van der Waals surface area contributed by atoms with Crippen LogP contribution in [0.1, 0.15) is 32.6 Å². The molecule has 2 saturated carbocycles. The maximum Gasteiger partial charge on any atom is 0.213 e. The molecule has 1 N–H and O–H groups in total. The molecule has 2 atom stereocenters. The molecule has 1 aromatic heterocycles. The summed E-state index contributed by atoms with van der Waals surface area (Å²) in [5.74, 6) is 0.657. The van der Waals surface area contributed by atoms with Gasteiger partial charge in [-0.3, -0.25) is 0 Å². The molecule has 0 bridgehead atoms. The first-order valence-corrected chi connectivity index (χ1v) is 7.16. The third-order valence-corrected chi connectivity index (χ3v) is 4.72. The monoisotopic (exact) mass is 262 g/mol. The van der Waals surface area contributed by atoms with Crippen molar-refractivity contribution < 1.29 is 9.47 Å². The van der Waals surface area contributed by atoms with Gasteiger partial charge in [0.15, 0.2) is 0 Å². The second-order valence-corrected chi connectivity index (χ2v) is 5.55. The lowest BCUT2D eigenvalue weighted by molar-refractivity contribution is -0.157. The van der Waals surface area contributed by atoms with Crippen LogP contribution in [0.15, 0.2) is 18.3 Å². The molecular formula is C15H22N2O2. The van der Waals surface area contributed by atoms with Gasteiger partial charge in [0, 0.05) is 24.1 Å². The molecule has 104 valence electrons. The predicted molar refractivity (Wildman–Crippen MR) is 74.5 cm³/mol. The van der Waals surface area contributed by atoms with Crippen LogP contribution in [0.3, 0.4) is 0 Å². The van der Waals surface area contributed by atoms with Crippen molar-refractivity contribution in [2.24, 2.45) is 5.41 Å². The maximum absolute atomic E-state index is 5.86. The number of hydrogen-bond acceptors (Lipinski definition) is 4. The maximum atomic E-state index is 5.86. The summed E-state index contributed by atoms with van der Waals surface area (Å²) in [4.78, 5) is 4.24. The van der Waals surface area contributed by atoms with E-state index in [-0.39, 0.29) is 0 Å². The summed E-state index contributed by atoms with van der Waals surface area (Å²) >= 11 is 0. The van der Waals surface area contributed by atoms with Crippen LogP contribution in [-0.2, 0) is 4.74 Å². The highest BCUT2D eigenvalue weighted by Gasteiger charge is 2.58. The van der Waals surface area contributed by atoms with Crippen molar-refractivity contribution in [1.82, 2.24) is 4.98 Å². The van der Waals surface area contributed by atoms with Crippen LogP contribution in [0.4, 0.5) is 5.69 Å². The van der Waals surface area contributed by atoms with Crippen molar-refractivity contribution in [3.63, 3.8) is 0 Å². The van der Waals surface area contributed by atoms with Crippen molar-refractivity contribution >= 4 is 5.69 Å². The number of aromatic nitrogens is 1. The van der Waals surface area contributed by atoms with E-state index in [2.05, 4.69) is 17.2 Å². The normalized spacial score (nSPS) is 27.5. The molecule has 2 aliphatic carbocycles. The molecule has 1 heterocycles. The summed E-state index contributed by atoms with van der Waals surface area (Å²) in [5, 5.41) is 3.61. The van der Waals surface area contributed by atoms with Gasteiger partial charge in [0.2, 0.25) is 5.88 Å². The summed E-state index contributed by atoms with van der Waals surface area (Å²) in [6.07, 6.45) is 7.33. The summed E-state index contributed by atoms with van der Waals surface area (Å²) in [6.45, 7) is 2.91. The molecule has 0 aromatic carbocycles. The minimum Gasteiger partial charge on any atom is -0.481 e. The van der Waals surface area contributed by atoms with Gasteiger partial charge in [-0.25, -0.2) is 4.98 Å². The molecule has 1 spiro atoms. The Hall–Kier alpha value is -1.29. The summed E-state index contributed by atoms with van der Waals surface area (Å²) in [5.41, 5.74) is 1.46. The Kier molecular flexibility index (Phi) is 3.35. The fourth-order valence-corrected chi connectivity index (χ4v) is 3.43. The first-order valence-electron chi connectivity index (χ1n) is 7.16. The van der Waals surface area contributed by atoms with Gasteiger partial charge in [-0.2, -0.15) is 0 Å². The second kappa shape index (κ2) is 5.00. The highest BCUT2D eigenvalue weighted by Crippen LogP contribution is 2.58. The van der Waals surface area contributed by atoms with Crippen LogP contribution in [0.5, 0.6) is 5.88 Å². The topological polar surface area (TPSA) is 43.4 Å². The molecule has 1 aromatic rings. The zero-order chi connectivity index (χ0) is 13.3. The van der Waals surface area contributed by atoms with Gasteiger partial charge in [0.05, 0.1) is 25.1 Å². The van der Waals surface area contributed by atoms with E-state index < -0.39 is 0 Å². The first kappa shape index (κ1) is 12.7. The number of nitrogens with zero attached hydrogens (tertiary/aromatic N) is 1. The first-order chi connectivity index (χ1) is 9.28. The average molecular weight is 262 g/mol. The zero-order valence-electron chi connectivity index (χ0n) is 11.7. The van der Waals surface area contributed by atoms with E-state index in [1.807, 2.05) is 18.3 Å². The molecule has 2 aliphatic rings. The van der Waals surface area contributed by atoms with Crippen molar-refractivity contribution in [1.29, 1.82) is 0 Å². The number of ether oxygens (including phenoxy) is 2. The number of rotatable bonds is 5. The van der Waals surface area contributed by atoms with Crippen molar-refractivity contribution in [2.75, 3.05) is 19.0 Å². The number of hydrogen-bond donors (Lipinski definition) is 1. The Bertz CT molecular complexity index is 428. The number of methoxy groups -OCH3 is 1.